The molecule has 20 heavy (non-hydrogen) atoms. The highest BCUT2D eigenvalue weighted by molar-refractivity contribution is 8.03. The second-order valence-electron chi connectivity index (χ2n) is 5.41. The van der Waals surface area contributed by atoms with Gasteiger partial charge in [0, 0.05) is 6.54 Å². The summed E-state index contributed by atoms with van der Waals surface area (Å²) < 4.78 is 0. The van der Waals surface area contributed by atoms with Crippen molar-refractivity contribution >= 4 is 23.5 Å². The minimum absolute atomic E-state index is 0.747. The molecule has 0 aliphatic carbocycles. The van der Waals surface area contributed by atoms with Crippen LogP contribution in [0.3, 0.4) is 0 Å². The zero-order chi connectivity index (χ0) is 13.9. The molecular weight excluding hydrogens is 284 g/mol. The van der Waals surface area contributed by atoms with Crippen LogP contribution in [0.15, 0.2) is 23.3 Å². The van der Waals surface area contributed by atoms with Crippen molar-refractivity contribution in [3.8, 4) is 0 Å². The maximum Gasteiger partial charge on any atom is 0.0683 e. The van der Waals surface area contributed by atoms with Gasteiger partial charge in [-0.3, -0.25) is 0 Å². The normalized spacial score (nSPS) is 22.4. The molecule has 0 saturated carbocycles. The Bertz CT molecular complexity index is 310. The third-order valence-electron chi connectivity index (χ3n) is 3.66. The molecule has 0 amide bonds. The molecule has 4 heteroatoms. The molecule has 0 spiro atoms. The Kier molecular flexibility index (Phi) is 8.68. The predicted molar refractivity (Wildman–Crippen MR) is 94.3 cm³/mol. The third kappa shape index (κ3) is 7.09. The molecule has 0 aromatic rings. The topological polar surface area (TPSA) is 24.1 Å². The molecule has 1 atom stereocenters. The lowest BCUT2D eigenvalue weighted by molar-refractivity contribution is 0.491. The van der Waals surface area contributed by atoms with E-state index in [1.807, 2.05) is 11.8 Å². The van der Waals surface area contributed by atoms with E-state index < -0.39 is 0 Å². The summed E-state index contributed by atoms with van der Waals surface area (Å²) in [6, 6.07) is 0. The average molecular weight is 313 g/mol. The fourth-order valence-corrected chi connectivity index (χ4v) is 4.62. The Morgan fingerprint density at radius 2 is 2.00 bits per heavy atom. The highest BCUT2D eigenvalue weighted by Gasteiger charge is 2.11. The fraction of sp³-hybridized carbons (Fsp3) is 0.750. The molecule has 2 aliphatic heterocycles. The number of piperidine rings is 1. The maximum atomic E-state index is 3.61. The number of hydrogen-bond acceptors (Lipinski definition) is 4. The van der Waals surface area contributed by atoms with E-state index in [1.54, 1.807) is 0 Å². The molecule has 1 saturated heterocycles. The van der Waals surface area contributed by atoms with Crippen LogP contribution in [0.1, 0.15) is 44.9 Å². The first-order valence-corrected chi connectivity index (χ1v) is 10.1. The summed E-state index contributed by atoms with van der Waals surface area (Å²) in [7, 11) is 0. The smallest absolute Gasteiger partial charge is 0.0683 e. The molecule has 0 aromatic carbocycles. The van der Waals surface area contributed by atoms with E-state index in [1.165, 1.54) is 68.0 Å². The number of unbranched alkanes of at least 4 members (excludes halogenated alkanes) is 3. The van der Waals surface area contributed by atoms with Crippen LogP contribution in [0, 0.1) is 0 Å². The van der Waals surface area contributed by atoms with Crippen molar-refractivity contribution in [2.24, 2.45) is 0 Å². The third-order valence-corrected chi connectivity index (χ3v) is 6.07. The van der Waals surface area contributed by atoms with E-state index in [0.717, 1.165) is 11.9 Å². The summed E-state index contributed by atoms with van der Waals surface area (Å²) in [5, 5.41) is 9.09. The zero-order valence-corrected chi connectivity index (χ0v) is 14.0. The molecule has 1 unspecified atom stereocenters. The quantitative estimate of drug-likeness (QED) is 0.626. The number of allylic oxidation sites excluding steroid dienone is 2. The molecule has 0 radical (unpaired) electrons. The zero-order valence-electron chi connectivity index (χ0n) is 12.4. The Balaban J connectivity index is 1.36. The summed E-state index contributed by atoms with van der Waals surface area (Å²) in [6.07, 6.45) is 16.2. The van der Waals surface area contributed by atoms with Crippen molar-refractivity contribution in [1.29, 1.82) is 0 Å². The number of hydrogen-bond donors (Lipinski definition) is 2. The van der Waals surface area contributed by atoms with Crippen LogP contribution in [-0.2, 0) is 0 Å². The van der Waals surface area contributed by atoms with E-state index in [9.17, 15) is 0 Å². The lowest BCUT2D eigenvalue weighted by Gasteiger charge is -2.22. The summed E-state index contributed by atoms with van der Waals surface area (Å²) in [5.41, 5.74) is 0. The Labute approximate surface area is 132 Å². The fourth-order valence-electron chi connectivity index (χ4n) is 2.47. The van der Waals surface area contributed by atoms with Gasteiger partial charge in [-0.1, -0.05) is 25.0 Å². The van der Waals surface area contributed by atoms with Gasteiger partial charge in [-0.05, 0) is 56.2 Å². The maximum absolute atomic E-state index is 3.61. The lowest BCUT2D eigenvalue weighted by atomic mass is 10.2. The van der Waals surface area contributed by atoms with Crippen LogP contribution < -0.4 is 10.6 Å². The van der Waals surface area contributed by atoms with Crippen LogP contribution in [-0.4, -0.2) is 30.0 Å². The summed E-state index contributed by atoms with van der Waals surface area (Å²) in [4.78, 5) is 0. The second kappa shape index (κ2) is 10.6. The van der Waals surface area contributed by atoms with Crippen molar-refractivity contribution in [3.05, 3.63) is 23.3 Å². The van der Waals surface area contributed by atoms with Gasteiger partial charge in [0.1, 0.15) is 0 Å². The molecule has 0 aromatic heterocycles. The van der Waals surface area contributed by atoms with Crippen LogP contribution in [0.4, 0.5) is 0 Å². The van der Waals surface area contributed by atoms with Crippen molar-refractivity contribution in [3.63, 3.8) is 0 Å². The van der Waals surface area contributed by atoms with E-state index in [4.69, 9.17) is 0 Å². The molecule has 2 aliphatic rings. The largest absolute Gasteiger partial charge is 0.376 e. The van der Waals surface area contributed by atoms with Crippen LogP contribution >= 0.6 is 23.5 Å². The Morgan fingerprint density at radius 1 is 1.10 bits per heavy atom. The summed E-state index contributed by atoms with van der Waals surface area (Å²) >= 11 is 4.11. The standard InChI is InChI=1S/C16H28N2S2/c1(7-13-19-15-9-3-5-11-17-15)2-8-14-20-16-10-4-6-12-18-16/h3,5,9,16-18H,1-2,4,6-8,10-14H2. The van der Waals surface area contributed by atoms with Crippen molar-refractivity contribution in [2.75, 3.05) is 24.6 Å². The van der Waals surface area contributed by atoms with Crippen LogP contribution in [0.2, 0.25) is 0 Å². The van der Waals surface area contributed by atoms with Crippen molar-refractivity contribution in [2.45, 2.75) is 50.3 Å². The van der Waals surface area contributed by atoms with Gasteiger partial charge in [0.05, 0.1) is 10.4 Å². The number of nitrogens with one attached hydrogen (secondary N) is 2. The average Bonchev–Trinajstić information content (AvgIpc) is 2.52. The van der Waals surface area contributed by atoms with Gasteiger partial charge < -0.3 is 10.6 Å². The summed E-state index contributed by atoms with van der Waals surface area (Å²) in [5.74, 6) is 2.59. The minimum atomic E-state index is 0.747. The minimum Gasteiger partial charge on any atom is -0.376 e. The molecular formula is C16H28N2S2. The van der Waals surface area contributed by atoms with E-state index in [0.29, 0.717) is 0 Å². The monoisotopic (exact) mass is 312 g/mol. The highest BCUT2D eigenvalue weighted by Crippen LogP contribution is 2.21. The van der Waals surface area contributed by atoms with Gasteiger partial charge in [0.25, 0.3) is 0 Å². The first kappa shape index (κ1) is 16.3. The van der Waals surface area contributed by atoms with Gasteiger partial charge >= 0.3 is 0 Å². The Hall–Kier alpha value is -0.0600. The molecule has 2 heterocycles. The van der Waals surface area contributed by atoms with Crippen LogP contribution in [0.5, 0.6) is 0 Å². The van der Waals surface area contributed by atoms with Gasteiger partial charge in [-0.25, -0.2) is 0 Å². The van der Waals surface area contributed by atoms with Crippen LogP contribution in [0.25, 0.3) is 0 Å². The number of rotatable bonds is 9. The van der Waals surface area contributed by atoms with E-state index in [2.05, 4.69) is 40.6 Å². The molecule has 2 N–H and O–H groups in total. The molecule has 2 nitrogen and oxygen atoms in total. The predicted octanol–water partition coefficient (Wildman–Crippen LogP) is 4.11. The van der Waals surface area contributed by atoms with Gasteiger partial charge in [-0.15, -0.1) is 23.5 Å². The number of thioether (sulfide) groups is 2. The number of dihydropyridines is 1. The lowest BCUT2D eigenvalue weighted by Crippen LogP contribution is -2.31. The van der Waals surface area contributed by atoms with Crippen molar-refractivity contribution in [1.82, 2.24) is 10.6 Å². The van der Waals surface area contributed by atoms with E-state index in [-0.39, 0.29) is 0 Å². The molecule has 0 bridgehead atoms. The van der Waals surface area contributed by atoms with E-state index >= 15 is 0 Å². The highest BCUT2D eigenvalue weighted by atomic mass is 32.2. The van der Waals surface area contributed by atoms with Gasteiger partial charge in [-0.2, -0.15) is 0 Å². The molecule has 2 rings (SSSR count). The second-order valence-corrected chi connectivity index (χ2v) is 7.86. The Morgan fingerprint density at radius 3 is 2.75 bits per heavy atom. The van der Waals surface area contributed by atoms with Crippen molar-refractivity contribution < 1.29 is 0 Å². The molecule has 114 valence electrons. The summed E-state index contributed by atoms with van der Waals surface area (Å²) in [6.45, 7) is 2.22. The SMILES string of the molecule is C1=CCNC(SCCCCCCSC2CCCCN2)=C1. The van der Waals surface area contributed by atoms with Gasteiger partial charge in [0.2, 0.25) is 0 Å². The van der Waals surface area contributed by atoms with Gasteiger partial charge in [0.15, 0.2) is 0 Å². The first-order valence-electron chi connectivity index (χ1n) is 8.03. The first-order chi connectivity index (χ1) is 9.95. The molecule has 1 fully saturated rings.